The van der Waals surface area contributed by atoms with Crippen LogP contribution in [0.25, 0.3) is 17.2 Å². The highest BCUT2D eigenvalue weighted by atomic mass is 16.3. The van der Waals surface area contributed by atoms with Crippen LogP contribution in [0.15, 0.2) is 70.7 Å². The molecular formula is C22H26NO+. The van der Waals surface area contributed by atoms with Crippen LogP contribution < -0.4 is 4.57 Å². The van der Waals surface area contributed by atoms with Crippen LogP contribution in [0.1, 0.15) is 39.5 Å². The van der Waals surface area contributed by atoms with Gasteiger partial charge in [0.1, 0.15) is 6.54 Å². The Balaban J connectivity index is 2.06. The number of hydrogen-bond acceptors (Lipinski definition) is 1. The summed E-state index contributed by atoms with van der Waals surface area (Å²) in [6.07, 6.45) is 12.6. The minimum atomic E-state index is 0.254. The van der Waals surface area contributed by atoms with E-state index in [0.717, 1.165) is 36.4 Å². The average molecular weight is 320 g/mol. The maximum atomic E-state index is 6.10. The first-order valence-corrected chi connectivity index (χ1v) is 8.64. The summed E-state index contributed by atoms with van der Waals surface area (Å²) >= 11 is 0. The molecular weight excluding hydrogens is 294 g/mol. The predicted octanol–water partition coefficient (Wildman–Crippen LogP) is 5.61. The fraction of sp³-hybridized carbons (Fsp3) is 0.318. The largest absolute Gasteiger partial charge is 0.398 e. The van der Waals surface area contributed by atoms with Gasteiger partial charge >= 0.3 is 5.89 Å². The van der Waals surface area contributed by atoms with E-state index in [9.17, 15) is 0 Å². The highest BCUT2D eigenvalue weighted by Gasteiger charge is 2.26. The van der Waals surface area contributed by atoms with Crippen LogP contribution >= 0.6 is 0 Å². The number of allylic oxidation sites excluding steroid dienone is 6. The van der Waals surface area contributed by atoms with Crippen molar-refractivity contribution in [2.24, 2.45) is 5.41 Å². The Morgan fingerprint density at radius 3 is 2.79 bits per heavy atom. The third kappa shape index (κ3) is 3.43. The second kappa shape index (κ2) is 6.64. The van der Waals surface area contributed by atoms with E-state index in [0.29, 0.717) is 0 Å². The monoisotopic (exact) mass is 320 g/mol. The fourth-order valence-corrected chi connectivity index (χ4v) is 3.54. The topological polar surface area (TPSA) is 17.0 Å². The molecule has 0 bridgehead atoms. The van der Waals surface area contributed by atoms with Crippen LogP contribution in [0.2, 0.25) is 0 Å². The van der Waals surface area contributed by atoms with Crippen LogP contribution in [0, 0.1) is 5.41 Å². The predicted molar refractivity (Wildman–Crippen MR) is 100 cm³/mol. The molecule has 3 rings (SSSR count). The van der Waals surface area contributed by atoms with Gasteiger partial charge in [0.25, 0.3) is 5.52 Å². The molecule has 1 aromatic carbocycles. The Bertz CT molecular complexity index is 846. The van der Waals surface area contributed by atoms with E-state index in [1.165, 1.54) is 11.1 Å². The van der Waals surface area contributed by atoms with Crippen molar-refractivity contribution in [2.75, 3.05) is 0 Å². The van der Waals surface area contributed by atoms with Crippen LogP contribution in [0.3, 0.4) is 0 Å². The molecule has 0 atom stereocenters. The molecule has 0 amide bonds. The lowest BCUT2D eigenvalue weighted by Gasteiger charge is -2.30. The first-order chi connectivity index (χ1) is 11.5. The lowest BCUT2D eigenvalue weighted by Crippen LogP contribution is -2.33. The summed E-state index contributed by atoms with van der Waals surface area (Å²) < 4.78 is 8.33. The number of fused-ring (bicyclic) bond motifs is 1. The van der Waals surface area contributed by atoms with Crippen molar-refractivity contribution in [3.05, 3.63) is 72.2 Å². The number of benzene rings is 1. The molecule has 1 aliphatic rings. The van der Waals surface area contributed by atoms with E-state index in [2.05, 4.69) is 62.3 Å². The first kappa shape index (κ1) is 16.5. The zero-order valence-electron chi connectivity index (χ0n) is 14.9. The Labute approximate surface area is 144 Å². The van der Waals surface area contributed by atoms with Gasteiger partial charge in [-0.25, -0.2) is 0 Å². The van der Waals surface area contributed by atoms with Gasteiger partial charge in [-0.1, -0.05) is 56.9 Å². The molecule has 0 unspecified atom stereocenters. The number of oxazole rings is 1. The first-order valence-electron chi connectivity index (χ1n) is 8.64. The molecule has 0 radical (unpaired) electrons. The SMILES string of the molecule is C=CC=CC1=CC(=Cc2oc3ccccc3[n+]2CC)CC(C)(C)C1. The molecule has 2 heteroatoms. The quantitative estimate of drug-likeness (QED) is 0.528. The van der Waals surface area contributed by atoms with Crippen LogP contribution in [-0.4, -0.2) is 0 Å². The van der Waals surface area contributed by atoms with Gasteiger partial charge in [0.05, 0.1) is 6.08 Å². The molecule has 0 fully saturated rings. The zero-order valence-corrected chi connectivity index (χ0v) is 14.9. The molecule has 0 spiro atoms. The number of para-hydroxylation sites is 2. The van der Waals surface area contributed by atoms with E-state index in [1.54, 1.807) is 0 Å². The highest BCUT2D eigenvalue weighted by Crippen LogP contribution is 2.39. The lowest BCUT2D eigenvalue weighted by atomic mass is 9.75. The van der Waals surface area contributed by atoms with E-state index >= 15 is 0 Å². The molecule has 124 valence electrons. The van der Waals surface area contributed by atoms with Gasteiger partial charge in [-0.3, -0.25) is 0 Å². The normalized spacial score (nSPS) is 19.1. The summed E-state index contributed by atoms with van der Waals surface area (Å²) in [6, 6.07) is 8.22. The lowest BCUT2D eigenvalue weighted by molar-refractivity contribution is -0.674. The van der Waals surface area contributed by atoms with Gasteiger partial charge in [-0.15, -0.1) is 0 Å². The fourth-order valence-electron chi connectivity index (χ4n) is 3.54. The minimum absolute atomic E-state index is 0.254. The summed E-state index contributed by atoms with van der Waals surface area (Å²) in [7, 11) is 0. The second-order valence-corrected chi connectivity index (χ2v) is 7.20. The minimum Gasteiger partial charge on any atom is -0.398 e. The molecule has 0 saturated heterocycles. The van der Waals surface area contributed by atoms with Crippen LogP contribution in [-0.2, 0) is 6.54 Å². The Hall–Kier alpha value is -2.35. The zero-order chi connectivity index (χ0) is 17.2. The van der Waals surface area contributed by atoms with Gasteiger partial charge in [0, 0.05) is 6.07 Å². The Morgan fingerprint density at radius 1 is 1.25 bits per heavy atom. The van der Waals surface area contributed by atoms with E-state index in [4.69, 9.17) is 4.42 Å². The third-order valence-electron chi connectivity index (χ3n) is 4.44. The third-order valence-corrected chi connectivity index (χ3v) is 4.44. The van der Waals surface area contributed by atoms with Crippen molar-refractivity contribution in [1.82, 2.24) is 0 Å². The molecule has 24 heavy (non-hydrogen) atoms. The summed E-state index contributed by atoms with van der Waals surface area (Å²) in [4.78, 5) is 0. The molecule has 0 saturated carbocycles. The van der Waals surface area contributed by atoms with Crippen molar-refractivity contribution < 1.29 is 8.98 Å². The van der Waals surface area contributed by atoms with Crippen LogP contribution in [0.5, 0.6) is 0 Å². The molecule has 0 aliphatic heterocycles. The molecule has 0 N–H and O–H groups in total. The van der Waals surface area contributed by atoms with Gasteiger partial charge in [-0.05, 0) is 42.4 Å². The number of aryl methyl sites for hydroxylation is 1. The van der Waals surface area contributed by atoms with Gasteiger partial charge in [0.2, 0.25) is 5.58 Å². The van der Waals surface area contributed by atoms with Crippen LogP contribution in [0.4, 0.5) is 0 Å². The average Bonchev–Trinajstić information content (AvgIpc) is 2.88. The van der Waals surface area contributed by atoms with Crippen molar-refractivity contribution in [3.63, 3.8) is 0 Å². The van der Waals surface area contributed by atoms with E-state index in [-0.39, 0.29) is 5.41 Å². The number of aromatic nitrogens is 1. The van der Waals surface area contributed by atoms with Crippen molar-refractivity contribution in [1.29, 1.82) is 0 Å². The summed E-state index contributed by atoms with van der Waals surface area (Å²) in [6.45, 7) is 11.5. The van der Waals surface area contributed by atoms with Crippen molar-refractivity contribution in [2.45, 2.75) is 40.2 Å². The second-order valence-electron chi connectivity index (χ2n) is 7.20. The molecule has 2 aromatic rings. The molecule has 1 aliphatic carbocycles. The number of hydrogen-bond donors (Lipinski definition) is 0. The van der Waals surface area contributed by atoms with Crippen molar-refractivity contribution >= 4 is 17.2 Å². The standard InChI is InChI=1S/C22H26NO/c1-5-7-10-17-13-18(16-22(3,4)15-17)14-21-23(6-2)19-11-8-9-12-20(19)24-21/h5,7-14H,1,6,15-16H2,2-4H3/q+1. The van der Waals surface area contributed by atoms with E-state index in [1.807, 2.05) is 24.3 Å². The summed E-state index contributed by atoms with van der Waals surface area (Å²) in [5, 5.41) is 0. The Kier molecular flexibility index (Phi) is 4.57. The van der Waals surface area contributed by atoms with Gasteiger partial charge in [-0.2, -0.15) is 4.57 Å². The van der Waals surface area contributed by atoms with Gasteiger partial charge in [0.15, 0.2) is 0 Å². The summed E-state index contributed by atoms with van der Waals surface area (Å²) in [5.41, 5.74) is 5.01. The number of nitrogens with zero attached hydrogens (tertiary/aromatic N) is 1. The smallest absolute Gasteiger partial charge is 0.374 e. The Morgan fingerprint density at radius 2 is 2.04 bits per heavy atom. The maximum Gasteiger partial charge on any atom is 0.374 e. The van der Waals surface area contributed by atoms with Crippen molar-refractivity contribution in [3.8, 4) is 0 Å². The summed E-state index contributed by atoms with van der Waals surface area (Å²) in [5.74, 6) is 0.926. The molecule has 1 aromatic heterocycles. The van der Waals surface area contributed by atoms with Gasteiger partial charge < -0.3 is 4.42 Å². The molecule has 2 nitrogen and oxygen atoms in total. The molecule has 1 heterocycles. The highest BCUT2D eigenvalue weighted by molar-refractivity contribution is 5.70. The van der Waals surface area contributed by atoms with E-state index < -0.39 is 0 Å². The maximum absolute atomic E-state index is 6.10. The number of rotatable bonds is 4.